The van der Waals surface area contributed by atoms with Crippen molar-refractivity contribution in [1.82, 2.24) is 19.8 Å². The highest BCUT2D eigenvalue weighted by atomic mass is 16.5. The van der Waals surface area contributed by atoms with Gasteiger partial charge in [0.15, 0.2) is 0 Å². The summed E-state index contributed by atoms with van der Waals surface area (Å²) in [5, 5.41) is 2.98. The van der Waals surface area contributed by atoms with Gasteiger partial charge in [0.2, 0.25) is 11.8 Å². The maximum atomic E-state index is 12.4. The Hall–Kier alpha value is -3.23. The summed E-state index contributed by atoms with van der Waals surface area (Å²) in [7, 11) is 0. The second-order valence-corrected chi connectivity index (χ2v) is 6.88. The van der Waals surface area contributed by atoms with Crippen LogP contribution < -0.4 is 10.9 Å². The van der Waals surface area contributed by atoms with Crippen molar-refractivity contribution < 1.29 is 19.1 Å². The molecule has 154 valence electrons. The van der Waals surface area contributed by atoms with Crippen molar-refractivity contribution >= 4 is 28.7 Å². The van der Waals surface area contributed by atoms with Gasteiger partial charge in [0.25, 0.3) is 5.56 Å². The Kier molecular flexibility index (Phi) is 6.58. The number of piperidine rings is 1. The Morgan fingerprint density at radius 2 is 1.93 bits per heavy atom. The second-order valence-electron chi connectivity index (χ2n) is 6.88. The molecule has 1 saturated heterocycles. The number of para-hydroxylation sites is 1. The number of carbonyl (C=O) groups excluding carboxylic acids is 3. The summed E-state index contributed by atoms with van der Waals surface area (Å²) >= 11 is 0. The molecule has 2 amide bonds. The summed E-state index contributed by atoms with van der Waals surface area (Å²) in [6, 6.07) is 6.90. The van der Waals surface area contributed by atoms with E-state index in [4.69, 9.17) is 4.74 Å². The number of nitrogens with zero attached hydrogens (tertiary/aromatic N) is 3. The molecule has 9 nitrogen and oxygen atoms in total. The van der Waals surface area contributed by atoms with E-state index in [9.17, 15) is 19.2 Å². The third-order valence-corrected chi connectivity index (χ3v) is 4.95. The van der Waals surface area contributed by atoms with Gasteiger partial charge in [-0.05, 0) is 31.9 Å². The maximum Gasteiger partial charge on any atom is 0.309 e. The van der Waals surface area contributed by atoms with Crippen LogP contribution in [-0.2, 0) is 25.7 Å². The minimum atomic E-state index is -0.445. The van der Waals surface area contributed by atoms with Crippen LogP contribution in [-0.4, -0.2) is 58.5 Å². The van der Waals surface area contributed by atoms with E-state index in [1.807, 2.05) is 0 Å². The number of hydrogen-bond donors (Lipinski definition) is 1. The van der Waals surface area contributed by atoms with Gasteiger partial charge in [-0.2, -0.15) is 0 Å². The predicted molar refractivity (Wildman–Crippen MR) is 105 cm³/mol. The summed E-state index contributed by atoms with van der Waals surface area (Å²) in [5.41, 5.74) is 0.258. The third-order valence-electron chi connectivity index (χ3n) is 4.95. The molecule has 0 bridgehead atoms. The van der Waals surface area contributed by atoms with E-state index in [0.29, 0.717) is 43.4 Å². The molecule has 1 N–H and O–H groups in total. The number of esters is 1. The van der Waals surface area contributed by atoms with Gasteiger partial charge in [0, 0.05) is 13.1 Å². The SMILES string of the molecule is CCOC(=O)C1CCN(C(=O)CNC(=O)Cn2cnc3ccccc3c2=O)CC1. The molecule has 0 saturated carbocycles. The highest BCUT2D eigenvalue weighted by Crippen LogP contribution is 2.18. The molecule has 9 heteroatoms. The van der Waals surface area contributed by atoms with Gasteiger partial charge in [0.1, 0.15) is 6.54 Å². The van der Waals surface area contributed by atoms with Crippen LogP contribution in [0.2, 0.25) is 0 Å². The van der Waals surface area contributed by atoms with Crippen molar-refractivity contribution in [2.75, 3.05) is 26.2 Å². The number of benzene rings is 1. The molecule has 0 radical (unpaired) electrons. The zero-order valence-electron chi connectivity index (χ0n) is 16.3. The molecule has 0 aliphatic carbocycles. The molecule has 0 spiro atoms. The molecule has 2 aromatic rings. The van der Waals surface area contributed by atoms with Crippen molar-refractivity contribution in [1.29, 1.82) is 0 Å². The fourth-order valence-electron chi connectivity index (χ4n) is 3.34. The summed E-state index contributed by atoms with van der Waals surface area (Å²) in [6.45, 7) is 2.65. The second kappa shape index (κ2) is 9.31. The molecule has 1 aliphatic heterocycles. The maximum absolute atomic E-state index is 12.4. The first-order valence-electron chi connectivity index (χ1n) is 9.65. The van der Waals surface area contributed by atoms with E-state index < -0.39 is 5.91 Å². The predicted octanol–water partition coefficient (Wildman–Crippen LogP) is 0.314. The topological polar surface area (TPSA) is 111 Å². The van der Waals surface area contributed by atoms with Crippen LogP contribution in [0, 0.1) is 5.92 Å². The first-order chi connectivity index (χ1) is 14.0. The number of rotatable bonds is 6. The smallest absolute Gasteiger partial charge is 0.309 e. The van der Waals surface area contributed by atoms with Gasteiger partial charge >= 0.3 is 5.97 Å². The van der Waals surface area contributed by atoms with E-state index in [2.05, 4.69) is 10.3 Å². The van der Waals surface area contributed by atoms with Gasteiger partial charge in [-0.1, -0.05) is 12.1 Å². The average molecular weight is 400 g/mol. The lowest BCUT2D eigenvalue weighted by Crippen LogP contribution is -2.46. The Bertz CT molecular complexity index is 963. The monoisotopic (exact) mass is 400 g/mol. The summed E-state index contributed by atoms with van der Waals surface area (Å²) in [6.07, 6.45) is 2.43. The molecular weight excluding hydrogens is 376 g/mol. The number of likely N-dealkylation sites (tertiary alicyclic amines) is 1. The number of nitrogens with one attached hydrogen (secondary N) is 1. The van der Waals surface area contributed by atoms with Crippen molar-refractivity contribution in [2.24, 2.45) is 5.92 Å². The summed E-state index contributed by atoms with van der Waals surface area (Å²) in [5.74, 6) is -1.06. The highest BCUT2D eigenvalue weighted by molar-refractivity contribution is 5.85. The zero-order chi connectivity index (χ0) is 20.8. The van der Waals surface area contributed by atoms with E-state index in [1.54, 1.807) is 36.1 Å². The number of hydrogen-bond acceptors (Lipinski definition) is 6. The summed E-state index contributed by atoms with van der Waals surface area (Å²) < 4.78 is 6.23. The highest BCUT2D eigenvalue weighted by Gasteiger charge is 2.28. The van der Waals surface area contributed by atoms with Crippen LogP contribution in [0.15, 0.2) is 35.4 Å². The molecular formula is C20H24N4O5. The molecule has 1 fully saturated rings. The van der Waals surface area contributed by atoms with E-state index in [-0.39, 0.29) is 36.4 Å². The van der Waals surface area contributed by atoms with Crippen LogP contribution in [0.3, 0.4) is 0 Å². The Labute approximate surface area is 167 Å². The standard InChI is InChI=1S/C20H24N4O5/c1-2-29-20(28)14-7-9-23(10-8-14)18(26)11-21-17(25)12-24-13-22-16-6-4-3-5-15(16)19(24)27/h3-6,13-14H,2,7-12H2,1H3,(H,21,25). The molecule has 0 atom stereocenters. The Morgan fingerprint density at radius 3 is 2.66 bits per heavy atom. The van der Waals surface area contributed by atoms with E-state index >= 15 is 0 Å². The molecule has 3 rings (SSSR count). The number of fused-ring (bicyclic) bond motifs is 1. The average Bonchev–Trinajstić information content (AvgIpc) is 2.74. The van der Waals surface area contributed by atoms with Crippen molar-refractivity contribution in [3.8, 4) is 0 Å². The van der Waals surface area contributed by atoms with Crippen LogP contribution >= 0.6 is 0 Å². The lowest BCUT2D eigenvalue weighted by atomic mass is 9.97. The van der Waals surface area contributed by atoms with Crippen LogP contribution in [0.1, 0.15) is 19.8 Å². The fourth-order valence-corrected chi connectivity index (χ4v) is 3.34. The molecule has 29 heavy (non-hydrogen) atoms. The molecule has 1 aromatic heterocycles. The first-order valence-corrected chi connectivity index (χ1v) is 9.65. The summed E-state index contributed by atoms with van der Waals surface area (Å²) in [4.78, 5) is 54.4. The number of carbonyl (C=O) groups is 3. The van der Waals surface area contributed by atoms with Gasteiger partial charge in [-0.15, -0.1) is 0 Å². The van der Waals surface area contributed by atoms with Gasteiger partial charge in [-0.25, -0.2) is 4.98 Å². The van der Waals surface area contributed by atoms with Crippen LogP contribution in [0.4, 0.5) is 0 Å². The molecule has 2 heterocycles. The van der Waals surface area contributed by atoms with Gasteiger partial charge in [-0.3, -0.25) is 23.7 Å². The first kappa shape index (κ1) is 20.5. The lowest BCUT2D eigenvalue weighted by Gasteiger charge is -2.31. The van der Waals surface area contributed by atoms with Crippen LogP contribution in [0.25, 0.3) is 10.9 Å². The Balaban J connectivity index is 1.49. The van der Waals surface area contributed by atoms with Gasteiger partial charge < -0.3 is 15.0 Å². The largest absolute Gasteiger partial charge is 0.466 e. The van der Waals surface area contributed by atoms with Crippen LogP contribution in [0.5, 0.6) is 0 Å². The van der Waals surface area contributed by atoms with Gasteiger partial charge in [0.05, 0.1) is 36.3 Å². The fraction of sp³-hybridized carbons (Fsp3) is 0.450. The number of ether oxygens (including phenoxy) is 1. The molecule has 1 aromatic carbocycles. The lowest BCUT2D eigenvalue weighted by molar-refractivity contribution is -0.151. The van der Waals surface area contributed by atoms with Crippen molar-refractivity contribution in [3.05, 3.63) is 40.9 Å². The zero-order valence-corrected chi connectivity index (χ0v) is 16.3. The molecule has 0 unspecified atom stereocenters. The van der Waals surface area contributed by atoms with E-state index in [1.165, 1.54) is 10.9 Å². The molecule has 1 aliphatic rings. The number of amides is 2. The van der Waals surface area contributed by atoms with E-state index in [0.717, 1.165) is 0 Å². The normalized spacial score (nSPS) is 14.6. The minimum absolute atomic E-state index is 0.154. The van der Waals surface area contributed by atoms with Crippen molar-refractivity contribution in [2.45, 2.75) is 26.3 Å². The van der Waals surface area contributed by atoms with Crippen molar-refractivity contribution in [3.63, 3.8) is 0 Å². The minimum Gasteiger partial charge on any atom is -0.466 e. The quantitative estimate of drug-likeness (QED) is 0.699. The number of aromatic nitrogens is 2. The third kappa shape index (κ3) is 4.98. The Morgan fingerprint density at radius 1 is 1.21 bits per heavy atom.